The summed E-state index contributed by atoms with van der Waals surface area (Å²) in [7, 11) is 0. The van der Waals surface area contributed by atoms with Gasteiger partial charge in [-0.3, -0.25) is 0 Å². The van der Waals surface area contributed by atoms with Gasteiger partial charge in [0, 0.05) is 28.2 Å². The van der Waals surface area contributed by atoms with E-state index in [2.05, 4.69) is 31.9 Å². The van der Waals surface area contributed by atoms with Crippen LogP contribution in [0.1, 0.15) is 20.8 Å². The summed E-state index contributed by atoms with van der Waals surface area (Å²) >= 11 is 3.45. The molecule has 0 saturated carbocycles. The van der Waals surface area contributed by atoms with E-state index in [-0.39, 0.29) is 0 Å². The summed E-state index contributed by atoms with van der Waals surface area (Å²) in [5.74, 6) is 1.99. The normalized spacial score (nSPS) is 10.5. The lowest BCUT2D eigenvalue weighted by atomic mass is 10.2. The quantitative estimate of drug-likeness (QED) is 0.634. The smallest absolute Gasteiger partial charge is 0.203 e. The number of aromatic nitrogens is 2. The molecule has 2 aromatic rings. The molecule has 21 heavy (non-hydrogen) atoms. The summed E-state index contributed by atoms with van der Waals surface area (Å²) in [6.07, 6.45) is 0. The summed E-state index contributed by atoms with van der Waals surface area (Å²) < 4.78 is 22.0. The Bertz CT molecular complexity index is 577. The zero-order chi connectivity index (χ0) is 15.2. The molecule has 0 amide bonds. The Morgan fingerprint density at radius 3 is 2.00 bits per heavy atom. The summed E-state index contributed by atoms with van der Waals surface area (Å²) in [6.45, 7) is 7.49. The van der Waals surface area contributed by atoms with Crippen LogP contribution in [-0.4, -0.2) is 29.2 Å². The molecule has 0 radical (unpaired) electrons. The Hall–Kier alpha value is -1.09. The van der Waals surface area contributed by atoms with E-state index >= 15 is 0 Å². The van der Waals surface area contributed by atoms with Gasteiger partial charge in [0.2, 0.25) is 9.58 Å². The van der Waals surface area contributed by atoms with Crippen molar-refractivity contribution in [2.24, 2.45) is 0 Å². The van der Waals surface area contributed by atoms with Gasteiger partial charge in [-0.05, 0) is 44.4 Å². The number of benzene rings is 1. The first-order valence-corrected chi connectivity index (χ1v) is 8.60. The molecule has 0 aliphatic carbocycles. The molecule has 5 nitrogen and oxygen atoms in total. The average molecular weight is 420 g/mol. The molecule has 0 saturated heterocycles. The van der Waals surface area contributed by atoms with Crippen LogP contribution in [0.3, 0.4) is 0 Å². The monoisotopic (exact) mass is 420 g/mol. The van der Waals surface area contributed by atoms with Crippen LogP contribution in [0.25, 0.3) is 10.6 Å². The Balaban J connectivity index is 2.51. The molecule has 0 atom stereocenters. The molecule has 0 fully saturated rings. The predicted molar refractivity (Wildman–Crippen MR) is 91.6 cm³/mol. The van der Waals surface area contributed by atoms with Crippen LogP contribution in [0.2, 0.25) is 0 Å². The molecule has 1 heterocycles. The van der Waals surface area contributed by atoms with Crippen molar-refractivity contribution >= 4 is 34.1 Å². The van der Waals surface area contributed by atoms with E-state index in [1.165, 1.54) is 11.5 Å². The molecular formula is C14H17IN2O3S. The van der Waals surface area contributed by atoms with Gasteiger partial charge in [-0.15, -0.1) is 0 Å². The first-order valence-electron chi connectivity index (χ1n) is 6.75. The van der Waals surface area contributed by atoms with E-state index in [9.17, 15) is 0 Å². The van der Waals surface area contributed by atoms with Crippen molar-refractivity contribution in [2.45, 2.75) is 20.8 Å². The third-order valence-corrected chi connectivity index (χ3v) is 4.13. The minimum absolute atomic E-state index is 0.552. The summed E-state index contributed by atoms with van der Waals surface area (Å²) in [5.41, 5.74) is 0.922. The molecule has 0 unspecified atom stereocenters. The fraction of sp³-hybridized carbons (Fsp3) is 0.429. The van der Waals surface area contributed by atoms with Gasteiger partial charge in [-0.1, -0.05) is 0 Å². The standard InChI is InChI=1S/C14H17IN2O3S/c1-4-18-10-7-9(13-16-14(15)17-21-13)8-11(19-5-2)12(10)20-6-3/h7-8H,4-6H2,1-3H3. The number of hydrogen-bond acceptors (Lipinski definition) is 6. The molecule has 0 N–H and O–H groups in total. The minimum Gasteiger partial charge on any atom is -0.490 e. The van der Waals surface area contributed by atoms with Crippen LogP contribution < -0.4 is 14.2 Å². The van der Waals surface area contributed by atoms with Crippen LogP contribution >= 0.6 is 34.1 Å². The van der Waals surface area contributed by atoms with Gasteiger partial charge in [0.1, 0.15) is 5.01 Å². The zero-order valence-electron chi connectivity index (χ0n) is 12.2. The van der Waals surface area contributed by atoms with Gasteiger partial charge in [0.15, 0.2) is 11.5 Å². The van der Waals surface area contributed by atoms with Gasteiger partial charge in [0.05, 0.1) is 19.8 Å². The fourth-order valence-electron chi connectivity index (χ4n) is 1.83. The minimum atomic E-state index is 0.552. The molecule has 114 valence electrons. The highest BCUT2D eigenvalue weighted by Gasteiger charge is 2.17. The Morgan fingerprint density at radius 1 is 1.00 bits per heavy atom. The van der Waals surface area contributed by atoms with E-state index in [0.29, 0.717) is 37.1 Å². The van der Waals surface area contributed by atoms with Crippen LogP contribution in [0.15, 0.2) is 12.1 Å². The van der Waals surface area contributed by atoms with Crippen LogP contribution in [-0.2, 0) is 0 Å². The lowest BCUT2D eigenvalue weighted by molar-refractivity contribution is 0.261. The number of ether oxygens (including phenoxy) is 3. The Morgan fingerprint density at radius 2 is 1.57 bits per heavy atom. The number of halogens is 1. The maximum atomic E-state index is 5.70. The van der Waals surface area contributed by atoms with E-state index < -0.39 is 0 Å². The van der Waals surface area contributed by atoms with Crippen molar-refractivity contribution in [1.82, 2.24) is 9.36 Å². The van der Waals surface area contributed by atoms with Gasteiger partial charge < -0.3 is 14.2 Å². The molecule has 7 heteroatoms. The van der Waals surface area contributed by atoms with Crippen LogP contribution in [0.5, 0.6) is 17.2 Å². The number of rotatable bonds is 7. The third kappa shape index (κ3) is 3.97. The first-order chi connectivity index (χ1) is 10.2. The van der Waals surface area contributed by atoms with Crippen molar-refractivity contribution in [3.05, 3.63) is 16.0 Å². The van der Waals surface area contributed by atoms with E-state index in [0.717, 1.165) is 14.4 Å². The van der Waals surface area contributed by atoms with Gasteiger partial charge in [-0.25, -0.2) is 4.98 Å². The molecule has 0 spiro atoms. The lowest BCUT2D eigenvalue weighted by Crippen LogP contribution is -2.02. The Labute approximate surface area is 142 Å². The van der Waals surface area contributed by atoms with Gasteiger partial charge in [0.25, 0.3) is 0 Å². The van der Waals surface area contributed by atoms with Crippen LogP contribution in [0, 0.1) is 3.83 Å². The predicted octanol–water partition coefficient (Wildman–Crippen LogP) is 4.01. The molecular weight excluding hydrogens is 403 g/mol. The topological polar surface area (TPSA) is 53.5 Å². The summed E-state index contributed by atoms with van der Waals surface area (Å²) in [4.78, 5) is 4.40. The highest BCUT2D eigenvalue weighted by atomic mass is 127. The number of hydrogen-bond donors (Lipinski definition) is 0. The zero-order valence-corrected chi connectivity index (χ0v) is 15.2. The maximum absolute atomic E-state index is 5.70. The van der Waals surface area contributed by atoms with E-state index in [4.69, 9.17) is 14.2 Å². The molecule has 0 aliphatic rings. The first kappa shape index (κ1) is 16.3. The van der Waals surface area contributed by atoms with Gasteiger partial charge in [-0.2, -0.15) is 4.37 Å². The van der Waals surface area contributed by atoms with Crippen molar-refractivity contribution in [1.29, 1.82) is 0 Å². The molecule has 1 aromatic carbocycles. The molecule has 0 aliphatic heterocycles. The summed E-state index contributed by atoms with van der Waals surface area (Å²) in [6, 6.07) is 3.85. The highest BCUT2D eigenvalue weighted by Crippen LogP contribution is 2.42. The van der Waals surface area contributed by atoms with Gasteiger partial charge >= 0.3 is 0 Å². The second kappa shape index (κ2) is 7.79. The largest absolute Gasteiger partial charge is 0.490 e. The van der Waals surface area contributed by atoms with Crippen molar-refractivity contribution in [3.8, 4) is 27.8 Å². The SMILES string of the molecule is CCOc1cc(-c2nc(I)ns2)cc(OCC)c1OCC. The third-order valence-electron chi connectivity index (χ3n) is 2.56. The van der Waals surface area contributed by atoms with E-state index in [1.54, 1.807) is 0 Å². The summed E-state index contributed by atoms with van der Waals surface area (Å²) in [5, 5.41) is 0.837. The molecule has 2 rings (SSSR count). The average Bonchev–Trinajstić information content (AvgIpc) is 2.89. The van der Waals surface area contributed by atoms with Crippen LogP contribution in [0.4, 0.5) is 0 Å². The fourth-order valence-corrected chi connectivity index (χ4v) is 3.09. The van der Waals surface area contributed by atoms with Crippen molar-refractivity contribution < 1.29 is 14.2 Å². The maximum Gasteiger partial charge on any atom is 0.203 e. The van der Waals surface area contributed by atoms with E-state index in [1.807, 2.05) is 32.9 Å². The highest BCUT2D eigenvalue weighted by molar-refractivity contribution is 14.1. The second-order valence-electron chi connectivity index (χ2n) is 3.97. The van der Waals surface area contributed by atoms with Crippen molar-refractivity contribution in [3.63, 3.8) is 0 Å². The Kier molecular flexibility index (Phi) is 6.04. The molecule has 1 aromatic heterocycles. The van der Waals surface area contributed by atoms with Crippen molar-refractivity contribution in [2.75, 3.05) is 19.8 Å². The number of nitrogens with zero attached hydrogens (tertiary/aromatic N) is 2. The molecule has 0 bridgehead atoms. The second-order valence-corrected chi connectivity index (χ2v) is 5.69. The lowest BCUT2D eigenvalue weighted by Gasteiger charge is -2.16.